The Labute approximate surface area is 433 Å². The van der Waals surface area contributed by atoms with Crippen LogP contribution in [-0.4, -0.2) is 96.3 Å². The van der Waals surface area contributed by atoms with Crippen molar-refractivity contribution in [2.24, 2.45) is 0 Å². The van der Waals surface area contributed by atoms with Gasteiger partial charge in [-0.05, 0) is 67.6 Å². The quantitative estimate of drug-likeness (QED) is 0.0903. The fourth-order valence-corrected chi connectivity index (χ4v) is 7.81. The maximum atomic E-state index is 12.0. The van der Waals surface area contributed by atoms with Crippen molar-refractivity contribution in [3.8, 4) is 40.6 Å². The molecule has 10 rings (SSSR count). The molecule has 5 aromatic carbocycles. The van der Waals surface area contributed by atoms with Crippen molar-refractivity contribution in [1.82, 2.24) is 24.9 Å². The number of carbonyl (C=O) groups excluding carboxylic acids is 1. The average molecular weight is 1040 g/mol. The van der Waals surface area contributed by atoms with Gasteiger partial charge in [-0.3, -0.25) is 4.79 Å². The second kappa shape index (κ2) is 26.0. The highest BCUT2D eigenvalue weighted by molar-refractivity contribution is 6.37. The van der Waals surface area contributed by atoms with Crippen LogP contribution in [0, 0.1) is 0 Å². The normalized spacial score (nSPS) is 10.3. The molecule has 0 aliphatic heterocycles. The van der Waals surface area contributed by atoms with Crippen LogP contribution in [0.25, 0.3) is 54.5 Å². The lowest BCUT2D eigenvalue weighted by atomic mass is 10.1. The van der Waals surface area contributed by atoms with Crippen LogP contribution in [-0.2, 0) is 4.74 Å². The molecule has 0 aliphatic rings. The number of H-pyrrole nitrogens is 1. The van der Waals surface area contributed by atoms with Crippen LogP contribution < -0.4 is 34.0 Å². The van der Waals surface area contributed by atoms with Gasteiger partial charge in [0.15, 0.2) is 11.1 Å². The first-order chi connectivity index (χ1) is 35.8. The molecule has 19 heteroatoms. The predicted octanol–water partition coefficient (Wildman–Crippen LogP) is 11.4. The number of fused-ring (bicyclic) bond motifs is 5. The van der Waals surface area contributed by atoms with Crippen molar-refractivity contribution >= 4 is 89.7 Å². The molecule has 0 radical (unpaired) electrons. The van der Waals surface area contributed by atoms with Crippen molar-refractivity contribution in [3.05, 3.63) is 171 Å². The molecule has 17 nitrogen and oxygen atoms in total. The van der Waals surface area contributed by atoms with E-state index in [4.69, 9.17) is 61.5 Å². The zero-order valence-electron chi connectivity index (χ0n) is 41.0. The van der Waals surface area contributed by atoms with Gasteiger partial charge in [-0.15, -0.1) is 0 Å². The van der Waals surface area contributed by atoms with Crippen LogP contribution in [0.4, 0.5) is 0 Å². The summed E-state index contributed by atoms with van der Waals surface area (Å²) in [5.41, 5.74) is 3.56. The predicted molar refractivity (Wildman–Crippen MR) is 285 cm³/mol. The number of hydrogen-bond donors (Lipinski definition) is 3. The number of carboxylic acids is 1. The van der Waals surface area contributed by atoms with E-state index in [0.29, 0.717) is 49.1 Å². The third kappa shape index (κ3) is 12.9. The fourth-order valence-electron chi connectivity index (χ4n) is 7.29. The van der Waals surface area contributed by atoms with Gasteiger partial charge in [0.25, 0.3) is 5.56 Å². The highest BCUT2D eigenvalue weighted by Crippen LogP contribution is 2.36. The standard InChI is InChI=1S/C14H15NO4.C12H11NO4.C11H11NO2.C9H5Cl2N.C9H7NO2/c1-4-19-14(16)11-12(17-2)9-7-5-6-8-10(9)15-13(11)18-3;1-16-10-7-5-3-4-6-8(7)13-11(17-2)9(10)12(14)15;1-13-10-7-11(14-2)12-9-6-4-3-5-8(9)10;10-7-5-9(11)12-8-4-2-1-3-6(7)8;11-8-5-9(12)10-7-4-2-1-3-6(7)8/h5-8H,4H2,1-3H3;3-6H,1-2H3,(H,14,15);3-7H,1-2H3;1-5H;1-5H,(H2,10,11,12). The Morgan fingerprint density at radius 2 is 1.01 bits per heavy atom. The molecule has 0 amide bonds. The molecule has 10 aromatic rings. The largest absolute Gasteiger partial charge is 0.507 e. The summed E-state index contributed by atoms with van der Waals surface area (Å²) in [6.45, 7) is 2.02. The summed E-state index contributed by atoms with van der Waals surface area (Å²) in [6.07, 6.45) is 0. The average Bonchev–Trinajstić information content (AvgIpc) is 3.42. The van der Waals surface area contributed by atoms with Crippen molar-refractivity contribution in [3.63, 3.8) is 0 Å². The lowest BCUT2D eigenvalue weighted by molar-refractivity contribution is 0.0517. The van der Waals surface area contributed by atoms with Crippen LogP contribution in [0.3, 0.4) is 0 Å². The zero-order valence-corrected chi connectivity index (χ0v) is 42.5. The van der Waals surface area contributed by atoms with Crippen LogP contribution in [0.15, 0.2) is 144 Å². The Bertz CT molecular complexity index is 3650. The molecular weight excluding hydrogens is 994 g/mol. The van der Waals surface area contributed by atoms with Gasteiger partial charge in [0.2, 0.25) is 17.6 Å². The molecule has 74 heavy (non-hydrogen) atoms. The van der Waals surface area contributed by atoms with Crippen molar-refractivity contribution in [1.29, 1.82) is 0 Å². The minimum Gasteiger partial charge on any atom is -0.507 e. The van der Waals surface area contributed by atoms with E-state index in [-0.39, 0.29) is 46.6 Å². The number of para-hydroxylation sites is 5. The number of hydrogen-bond acceptors (Lipinski definition) is 15. The summed E-state index contributed by atoms with van der Waals surface area (Å²) in [7, 11) is 9.00. The molecular formula is C55H49Cl2N5O12. The van der Waals surface area contributed by atoms with E-state index in [9.17, 15) is 19.5 Å². The Hall–Kier alpha value is -8.93. The summed E-state index contributed by atoms with van der Waals surface area (Å²) >= 11 is 11.7. The third-order valence-corrected chi connectivity index (χ3v) is 11.1. The maximum Gasteiger partial charge on any atom is 0.347 e. The van der Waals surface area contributed by atoms with E-state index >= 15 is 0 Å². The second-order valence-corrected chi connectivity index (χ2v) is 15.8. The number of nitrogens with one attached hydrogen (secondary N) is 1. The fraction of sp³-hybridized carbons (Fsp3) is 0.145. The highest BCUT2D eigenvalue weighted by atomic mass is 35.5. The Morgan fingerprint density at radius 1 is 0.541 bits per heavy atom. The van der Waals surface area contributed by atoms with E-state index < -0.39 is 11.9 Å². The molecule has 5 heterocycles. The number of methoxy groups -OCH3 is 6. The minimum absolute atomic E-state index is 0.0225. The Morgan fingerprint density at radius 3 is 1.53 bits per heavy atom. The third-order valence-electron chi connectivity index (χ3n) is 10.6. The number of halogens is 2. The van der Waals surface area contributed by atoms with Gasteiger partial charge in [0, 0.05) is 39.1 Å². The SMILES string of the molecule is CCOC(=O)c1c(OC)nc2ccccc2c1OC.COc1cc(OC)c2ccccc2n1.COc1nc2ccccc2c(OC)c1C(=O)O.Clc1cc(Cl)c2ccccc2n1.O=c1cc(O)c2ccccc2[nH]1. The first-order valence-corrected chi connectivity index (χ1v) is 23.0. The number of aromatic amines is 1. The van der Waals surface area contributed by atoms with E-state index in [1.165, 1.54) is 34.5 Å². The summed E-state index contributed by atoms with van der Waals surface area (Å²) in [5.74, 6) is 0.677. The first-order valence-electron chi connectivity index (χ1n) is 22.2. The first kappa shape index (κ1) is 54.4. The molecule has 0 saturated carbocycles. The van der Waals surface area contributed by atoms with E-state index in [2.05, 4.69) is 24.9 Å². The number of pyridine rings is 5. The summed E-state index contributed by atoms with van der Waals surface area (Å²) in [6, 6.07) is 41.6. The van der Waals surface area contributed by atoms with Crippen LogP contribution in [0.5, 0.6) is 40.6 Å². The molecule has 0 saturated heterocycles. The molecule has 0 fully saturated rings. The number of esters is 1. The maximum absolute atomic E-state index is 12.0. The topological polar surface area (TPSA) is 224 Å². The Kier molecular flexibility index (Phi) is 19.1. The van der Waals surface area contributed by atoms with Crippen molar-refractivity contribution in [2.75, 3.05) is 49.3 Å². The van der Waals surface area contributed by atoms with Gasteiger partial charge in [0.1, 0.15) is 28.2 Å². The van der Waals surface area contributed by atoms with Gasteiger partial charge in [-0.1, -0.05) is 89.9 Å². The van der Waals surface area contributed by atoms with E-state index in [0.717, 1.165) is 32.9 Å². The van der Waals surface area contributed by atoms with Gasteiger partial charge >= 0.3 is 11.9 Å². The molecule has 0 bridgehead atoms. The van der Waals surface area contributed by atoms with E-state index in [1.807, 2.05) is 78.9 Å². The molecule has 0 spiro atoms. The summed E-state index contributed by atoms with van der Waals surface area (Å²) in [5, 5.41) is 23.6. The van der Waals surface area contributed by atoms with Gasteiger partial charge in [-0.25, -0.2) is 29.5 Å². The number of aromatic nitrogens is 5. The minimum atomic E-state index is -1.13. The molecule has 5 aromatic heterocycles. The van der Waals surface area contributed by atoms with Crippen molar-refractivity contribution in [2.45, 2.75) is 6.92 Å². The monoisotopic (exact) mass is 1040 g/mol. The number of carbonyl (C=O) groups is 2. The summed E-state index contributed by atoms with van der Waals surface area (Å²) < 4.78 is 36.0. The van der Waals surface area contributed by atoms with Gasteiger partial charge in [0.05, 0.1) is 81.9 Å². The molecule has 380 valence electrons. The number of aromatic carboxylic acids is 1. The second-order valence-electron chi connectivity index (χ2n) is 15.0. The lowest BCUT2D eigenvalue weighted by Gasteiger charge is -2.13. The van der Waals surface area contributed by atoms with Crippen molar-refractivity contribution < 1.29 is 53.0 Å². The number of carboxylic acid groups (broad SMARTS) is 1. The lowest BCUT2D eigenvalue weighted by Crippen LogP contribution is -2.10. The zero-order chi connectivity index (χ0) is 53.3. The molecule has 3 N–H and O–H groups in total. The highest BCUT2D eigenvalue weighted by Gasteiger charge is 2.24. The van der Waals surface area contributed by atoms with Gasteiger partial charge in [-0.2, -0.15) is 0 Å². The van der Waals surface area contributed by atoms with Crippen LogP contribution in [0.2, 0.25) is 10.2 Å². The number of ether oxygens (including phenoxy) is 7. The number of benzene rings is 5. The summed E-state index contributed by atoms with van der Waals surface area (Å²) in [4.78, 5) is 53.6. The molecule has 0 unspecified atom stereocenters. The number of rotatable bonds is 9. The molecule has 0 atom stereocenters. The van der Waals surface area contributed by atoms with Gasteiger partial charge < -0.3 is 48.4 Å². The number of aromatic hydroxyl groups is 1. The van der Waals surface area contributed by atoms with Crippen LogP contribution >= 0.6 is 23.2 Å². The van der Waals surface area contributed by atoms with Crippen LogP contribution in [0.1, 0.15) is 27.6 Å². The molecule has 0 aliphatic carbocycles. The number of nitrogens with zero attached hydrogens (tertiary/aromatic N) is 4. The van der Waals surface area contributed by atoms with E-state index in [1.54, 1.807) is 75.7 Å². The Balaban J connectivity index is 0.000000152. The smallest absolute Gasteiger partial charge is 0.347 e.